The molecule has 0 amide bonds. The lowest BCUT2D eigenvalue weighted by atomic mass is 9.95. The predicted molar refractivity (Wildman–Crippen MR) is 78.9 cm³/mol. The SMILES string of the molecule is C=C(c1ccc(OC)cc1)C(F)(F)c1ccc(OC)cc1. The number of ether oxygens (including phenoxy) is 2. The number of hydrogen-bond donors (Lipinski definition) is 0. The maximum absolute atomic E-state index is 14.5. The molecule has 0 saturated heterocycles. The number of methoxy groups -OCH3 is 2. The highest BCUT2D eigenvalue weighted by Crippen LogP contribution is 2.41. The number of benzene rings is 2. The minimum Gasteiger partial charge on any atom is -0.497 e. The molecule has 4 heteroatoms. The Labute approximate surface area is 122 Å². The van der Waals surface area contributed by atoms with Gasteiger partial charge in [0.1, 0.15) is 11.5 Å². The molecule has 0 bridgehead atoms. The fourth-order valence-electron chi connectivity index (χ4n) is 1.95. The average Bonchev–Trinajstić information content (AvgIpc) is 2.54. The van der Waals surface area contributed by atoms with Crippen LogP contribution >= 0.6 is 0 Å². The molecule has 2 nitrogen and oxygen atoms in total. The molecule has 0 N–H and O–H groups in total. The van der Waals surface area contributed by atoms with Crippen LogP contribution in [0.2, 0.25) is 0 Å². The third-order valence-electron chi connectivity index (χ3n) is 3.27. The van der Waals surface area contributed by atoms with Gasteiger partial charge in [-0.25, -0.2) is 0 Å². The molecule has 2 aromatic carbocycles. The summed E-state index contributed by atoms with van der Waals surface area (Å²) in [6.45, 7) is 3.55. The topological polar surface area (TPSA) is 18.5 Å². The minimum absolute atomic E-state index is 0.121. The molecule has 0 spiro atoms. The second-order valence-electron chi connectivity index (χ2n) is 4.51. The van der Waals surface area contributed by atoms with Crippen LogP contribution in [0.4, 0.5) is 8.78 Å². The number of hydrogen-bond acceptors (Lipinski definition) is 2. The van der Waals surface area contributed by atoms with Crippen molar-refractivity contribution in [2.45, 2.75) is 5.92 Å². The Hall–Kier alpha value is -2.36. The van der Waals surface area contributed by atoms with Crippen molar-refractivity contribution in [3.05, 3.63) is 66.2 Å². The van der Waals surface area contributed by atoms with E-state index in [1.807, 2.05) is 0 Å². The zero-order valence-electron chi connectivity index (χ0n) is 11.9. The maximum Gasteiger partial charge on any atom is 0.298 e. The van der Waals surface area contributed by atoms with Gasteiger partial charge in [0, 0.05) is 11.1 Å². The molecule has 0 radical (unpaired) electrons. The third-order valence-corrected chi connectivity index (χ3v) is 3.27. The fourth-order valence-corrected chi connectivity index (χ4v) is 1.95. The number of alkyl halides is 2. The first kappa shape index (κ1) is 15.0. The van der Waals surface area contributed by atoms with E-state index in [1.165, 1.54) is 38.5 Å². The highest BCUT2D eigenvalue weighted by atomic mass is 19.3. The van der Waals surface area contributed by atoms with Crippen LogP contribution in [-0.4, -0.2) is 14.2 Å². The Morgan fingerprint density at radius 2 is 1.29 bits per heavy atom. The van der Waals surface area contributed by atoms with Crippen molar-refractivity contribution in [2.24, 2.45) is 0 Å². The van der Waals surface area contributed by atoms with Gasteiger partial charge >= 0.3 is 0 Å². The normalized spacial score (nSPS) is 11.0. The Morgan fingerprint density at radius 3 is 1.71 bits per heavy atom. The average molecular weight is 290 g/mol. The van der Waals surface area contributed by atoms with Gasteiger partial charge in [0.25, 0.3) is 5.92 Å². The summed E-state index contributed by atoms with van der Waals surface area (Å²) in [5, 5.41) is 0. The Kier molecular flexibility index (Phi) is 4.26. The molecule has 0 aromatic heterocycles. The summed E-state index contributed by atoms with van der Waals surface area (Å²) in [6.07, 6.45) is 0. The first-order chi connectivity index (χ1) is 9.98. The zero-order chi connectivity index (χ0) is 15.5. The summed E-state index contributed by atoms with van der Waals surface area (Å²) < 4.78 is 38.9. The van der Waals surface area contributed by atoms with Crippen molar-refractivity contribution in [1.82, 2.24) is 0 Å². The molecule has 0 aliphatic rings. The van der Waals surface area contributed by atoms with Crippen LogP contribution < -0.4 is 9.47 Å². The van der Waals surface area contributed by atoms with Gasteiger partial charge in [0.05, 0.1) is 14.2 Å². The van der Waals surface area contributed by atoms with E-state index in [0.29, 0.717) is 17.1 Å². The summed E-state index contributed by atoms with van der Waals surface area (Å²) in [6, 6.07) is 12.1. The lowest BCUT2D eigenvalue weighted by Gasteiger charge is -2.20. The Balaban J connectivity index is 2.29. The lowest BCUT2D eigenvalue weighted by Crippen LogP contribution is -2.15. The smallest absolute Gasteiger partial charge is 0.298 e. The van der Waals surface area contributed by atoms with E-state index in [4.69, 9.17) is 9.47 Å². The third kappa shape index (κ3) is 3.05. The molecule has 0 saturated carbocycles. The fraction of sp³-hybridized carbons (Fsp3) is 0.176. The molecule has 0 fully saturated rings. The quantitative estimate of drug-likeness (QED) is 0.806. The van der Waals surface area contributed by atoms with Gasteiger partial charge < -0.3 is 9.47 Å². The van der Waals surface area contributed by atoms with Crippen LogP contribution in [0.25, 0.3) is 5.57 Å². The second kappa shape index (κ2) is 5.95. The summed E-state index contributed by atoms with van der Waals surface area (Å²) >= 11 is 0. The molecule has 0 heterocycles. The Morgan fingerprint density at radius 1 is 0.857 bits per heavy atom. The highest BCUT2D eigenvalue weighted by molar-refractivity contribution is 5.71. The molecule has 0 atom stereocenters. The van der Waals surface area contributed by atoms with Crippen molar-refractivity contribution in [1.29, 1.82) is 0 Å². The molecule has 2 aromatic rings. The minimum atomic E-state index is -3.15. The lowest BCUT2D eigenvalue weighted by molar-refractivity contribution is 0.0646. The van der Waals surface area contributed by atoms with Gasteiger partial charge in [-0.2, -0.15) is 8.78 Å². The molecule has 21 heavy (non-hydrogen) atoms. The predicted octanol–water partition coefficient (Wildman–Crippen LogP) is 4.51. The van der Waals surface area contributed by atoms with E-state index in [2.05, 4.69) is 6.58 Å². The summed E-state index contributed by atoms with van der Waals surface area (Å²) in [5.41, 5.74) is -0.00365. The van der Waals surface area contributed by atoms with Gasteiger partial charge in [-0.05, 0) is 42.0 Å². The molecule has 2 rings (SSSR count). The monoisotopic (exact) mass is 290 g/mol. The van der Waals surface area contributed by atoms with Crippen LogP contribution in [0.5, 0.6) is 11.5 Å². The zero-order valence-corrected chi connectivity index (χ0v) is 11.9. The molecular weight excluding hydrogens is 274 g/mol. The molecule has 0 aliphatic carbocycles. The maximum atomic E-state index is 14.5. The largest absolute Gasteiger partial charge is 0.497 e. The number of rotatable bonds is 5. The highest BCUT2D eigenvalue weighted by Gasteiger charge is 2.35. The first-order valence-corrected chi connectivity index (χ1v) is 6.35. The molecule has 110 valence electrons. The van der Waals surface area contributed by atoms with Crippen molar-refractivity contribution < 1.29 is 18.3 Å². The Bertz CT molecular complexity index is 616. The van der Waals surface area contributed by atoms with Crippen molar-refractivity contribution >= 4 is 5.57 Å². The molecule has 0 unspecified atom stereocenters. The van der Waals surface area contributed by atoms with Gasteiger partial charge in [-0.1, -0.05) is 18.7 Å². The van der Waals surface area contributed by atoms with Crippen molar-refractivity contribution in [2.75, 3.05) is 14.2 Å². The van der Waals surface area contributed by atoms with E-state index >= 15 is 0 Å². The van der Waals surface area contributed by atoms with Crippen molar-refractivity contribution in [3.8, 4) is 11.5 Å². The van der Waals surface area contributed by atoms with Crippen LogP contribution in [0, 0.1) is 0 Å². The standard InChI is InChI=1S/C17H16F2O2/c1-12(13-4-8-15(20-2)9-5-13)17(18,19)14-6-10-16(21-3)11-7-14/h4-11H,1H2,2-3H3. The number of halogens is 2. The first-order valence-electron chi connectivity index (χ1n) is 6.35. The van der Waals surface area contributed by atoms with Crippen LogP contribution in [0.15, 0.2) is 55.1 Å². The van der Waals surface area contributed by atoms with Gasteiger partial charge in [0.15, 0.2) is 0 Å². The molecule has 0 aliphatic heterocycles. The second-order valence-corrected chi connectivity index (χ2v) is 4.51. The van der Waals surface area contributed by atoms with Crippen LogP contribution in [0.3, 0.4) is 0 Å². The van der Waals surface area contributed by atoms with Crippen LogP contribution in [0.1, 0.15) is 11.1 Å². The summed E-state index contributed by atoms with van der Waals surface area (Å²) in [4.78, 5) is 0. The van der Waals surface area contributed by atoms with E-state index < -0.39 is 5.92 Å². The van der Waals surface area contributed by atoms with E-state index in [-0.39, 0.29) is 11.1 Å². The van der Waals surface area contributed by atoms with E-state index in [0.717, 1.165) is 0 Å². The van der Waals surface area contributed by atoms with E-state index in [9.17, 15) is 8.78 Å². The molecular formula is C17H16F2O2. The summed E-state index contributed by atoms with van der Waals surface area (Å²) in [5.74, 6) is -2.01. The van der Waals surface area contributed by atoms with Crippen LogP contribution in [-0.2, 0) is 5.92 Å². The summed E-state index contributed by atoms with van der Waals surface area (Å²) in [7, 11) is 3.01. The van der Waals surface area contributed by atoms with Gasteiger partial charge in [-0.3, -0.25) is 0 Å². The van der Waals surface area contributed by atoms with Crippen molar-refractivity contribution in [3.63, 3.8) is 0 Å². The number of allylic oxidation sites excluding steroid dienone is 1. The van der Waals surface area contributed by atoms with Gasteiger partial charge in [0.2, 0.25) is 0 Å². The van der Waals surface area contributed by atoms with Gasteiger partial charge in [-0.15, -0.1) is 0 Å². The van der Waals surface area contributed by atoms with E-state index in [1.54, 1.807) is 24.3 Å².